The largest absolute Gasteiger partial charge is 0.497 e. The maximum absolute atomic E-state index is 13.4. The molecule has 0 fully saturated rings. The lowest BCUT2D eigenvalue weighted by molar-refractivity contribution is -0.131. The predicted molar refractivity (Wildman–Crippen MR) is 254 cm³/mol. The lowest BCUT2D eigenvalue weighted by Crippen LogP contribution is -2.19. The van der Waals surface area contributed by atoms with Crippen LogP contribution in [0.15, 0.2) is 206 Å². The molecule has 8 aromatic carbocycles. The molecular formula is C57H47NO5. The number of nitrogens with zero attached hydrogens (tertiary/aromatic N) is 1. The Hall–Kier alpha value is -7.96. The number of hydrogen-bond acceptors (Lipinski definition) is 6. The molecule has 0 saturated heterocycles. The molecule has 0 unspecified atom stereocenters. The summed E-state index contributed by atoms with van der Waals surface area (Å²) in [5, 5.41) is 0. The topological polar surface area (TPSA) is 65.1 Å². The van der Waals surface area contributed by atoms with Crippen LogP contribution in [-0.2, 0) is 10.2 Å². The van der Waals surface area contributed by atoms with Crippen molar-refractivity contribution in [2.45, 2.75) is 26.2 Å². The molecule has 0 aliphatic rings. The highest BCUT2D eigenvalue weighted by molar-refractivity contribution is 5.95. The fourth-order valence-electron chi connectivity index (χ4n) is 7.61. The second kappa shape index (κ2) is 18.8. The van der Waals surface area contributed by atoms with E-state index in [-0.39, 0.29) is 11.4 Å². The van der Waals surface area contributed by atoms with Crippen molar-refractivity contribution in [3.63, 3.8) is 0 Å². The van der Waals surface area contributed by atoms with Gasteiger partial charge in [-0.2, -0.15) is 0 Å². The first-order valence-corrected chi connectivity index (χ1v) is 20.8. The lowest BCUT2D eigenvalue weighted by atomic mass is 9.78. The first-order valence-electron chi connectivity index (χ1n) is 20.8. The fraction of sp³-hybridized carbons (Fsp3) is 0.0877. The molecule has 310 valence electrons. The molecule has 6 nitrogen and oxygen atoms in total. The first kappa shape index (κ1) is 41.8. The minimum Gasteiger partial charge on any atom is -0.497 e. The smallest absolute Gasteiger partial charge is 0.343 e. The van der Waals surface area contributed by atoms with E-state index in [1.807, 2.05) is 84.9 Å². The van der Waals surface area contributed by atoms with Crippen molar-refractivity contribution in [2.75, 3.05) is 12.0 Å². The standard InChI is InChI=1S/C57H47NO5/c1-40(59)62-53-35-27-47(28-36-53)57(2,3)48-29-37-54(38-30-48)63-56(60)46-21-19-44(20-22-46)55(45-25-33-52(61-4)34-26-45)39-41-15-17-42(18-16-41)43-23-31-51(32-24-43)58(49-11-7-5-8-12-49)50-13-9-6-10-14-50/h5-39H,1-4H3. The molecule has 0 aliphatic carbocycles. The van der Waals surface area contributed by atoms with E-state index in [0.29, 0.717) is 17.1 Å². The van der Waals surface area contributed by atoms with Crippen molar-refractivity contribution < 1.29 is 23.8 Å². The zero-order chi connectivity index (χ0) is 43.8. The van der Waals surface area contributed by atoms with Gasteiger partial charge in [0.25, 0.3) is 0 Å². The highest BCUT2D eigenvalue weighted by Crippen LogP contribution is 2.37. The number of anilines is 3. The van der Waals surface area contributed by atoms with E-state index in [1.54, 1.807) is 31.4 Å². The molecule has 0 saturated carbocycles. The quantitative estimate of drug-likeness (QED) is 0.0655. The normalized spacial score (nSPS) is 11.4. The van der Waals surface area contributed by atoms with Crippen LogP contribution in [-0.4, -0.2) is 19.0 Å². The Morgan fingerprint density at radius 1 is 0.460 bits per heavy atom. The Morgan fingerprint density at radius 3 is 1.35 bits per heavy atom. The predicted octanol–water partition coefficient (Wildman–Crippen LogP) is 13.9. The highest BCUT2D eigenvalue weighted by atomic mass is 16.5. The average molecular weight is 826 g/mol. The summed E-state index contributed by atoms with van der Waals surface area (Å²) in [4.78, 5) is 27.0. The van der Waals surface area contributed by atoms with Gasteiger partial charge in [0.2, 0.25) is 0 Å². The highest BCUT2D eigenvalue weighted by Gasteiger charge is 2.24. The summed E-state index contributed by atoms with van der Waals surface area (Å²) in [6, 6.07) is 68.6. The van der Waals surface area contributed by atoms with E-state index in [1.165, 1.54) is 6.92 Å². The number of hydrogen-bond donors (Lipinski definition) is 0. The van der Waals surface area contributed by atoms with E-state index in [4.69, 9.17) is 14.2 Å². The van der Waals surface area contributed by atoms with E-state index in [9.17, 15) is 9.59 Å². The summed E-state index contributed by atoms with van der Waals surface area (Å²) < 4.78 is 16.5. The van der Waals surface area contributed by atoms with Crippen LogP contribution in [0.5, 0.6) is 17.2 Å². The summed E-state index contributed by atoms with van der Waals surface area (Å²) in [5.74, 6) is 0.929. The van der Waals surface area contributed by atoms with Crippen LogP contribution >= 0.6 is 0 Å². The maximum atomic E-state index is 13.4. The van der Waals surface area contributed by atoms with Gasteiger partial charge < -0.3 is 19.1 Å². The van der Waals surface area contributed by atoms with Crippen molar-refractivity contribution in [1.29, 1.82) is 0 Å². The Kier molecular flexibility index (Phi) is 12.4. The summed E-state index contributed by atoms with van der Waals surface area (Å²) >= 11 is 0. The second-order valence-electron chi connectivity index (χ2n) is 15.7. The van der Waals surface area contributed by atoms with Crippen LogP contribution in [0.1, 0.15) is 58.9 Å². The zero-order valence-corrected chi connectivity index (χ0v) is 35.7. The zero-order valence-electron chi connectivity index (χ0n) is 35.7. The molecule has 0 bridgehead atoms. The third kappa shape index (κ3) is 9.83. The molecule has 0 N–H and O–H groups in total. The van der Waals surface area contributed by atoms with Gasteiger partial charge in [-0.1, -0.05) is 135 Å². The SMILES string of the molecule is COc1ccc(C(=Cc2ccc(-c3ccc(N(c4ccccc4)c4ccccc4)cc3)cc2)c2ccc(C(=O)Oc3ccc(C(C)(C)c4ccc(OC(C)=O)cc4)cc3)cc2)cc1. The molecule has 6 heteroatoms. The number of esters is 2. The number of benzene rings is 8. The summed E-state index contributed by atoms with van der Waals surface area (Å²) in [6.45, 7) is 5.62. The Bertz CT molecular complexity index is 2780. The molecule has 0 atom stereocenters. The molecule has 0 heterocycles. The number of carbonyl (C=O) groups excluding carboxylic acids is 2. The van der Waals surface area contributed by atoms with Crippen molar-refractivity contribution in [3.8, 4) is 28.4 Å². The van der Waals surface area contributed by atoms with Crippen LogP contribution < -0.4 is 19.1 Å². The van der Waals surface area contributed by atoms with Gasteiger partial charge in [-0.25, -0.2) is 4.79 Å². The van der Waals surface area contributed by atoms with Gasteiger partial charge in [-0.05, 0) is 136 Å². The van der Waals surface area contributed by atoms with Crippen LogP contribution in [0.2, 0.25) is 0 Å². The minimum absolute atomic E-state index is 0.342. The Balaban J connectivity index is 0.988. The van der Waals surface area contributed by atoms with Crippen LogP contribution in [0.25, 0.3) is 22.8 Å². The third-order valence-electron chi connectivity index (χ3n) is 11.2. The van der Waals surface area contributed by atoms with Crippen molar-refractivity contribution in [3.05, 3.63) is 240 Å². The van der Waals surface area contributed by atoms with E-state index in [2.05, 4.69) is 122 Å². The first-order chi connectivity index (χ1) is 30.6. The molecule has 0 aromatic heterocycles. The fourth-order valence-corrected chi connectivity index (χ4v) is 7.61. The summed E-state index contributed by atoms with van der Waals surface area (Å²) in [5.41, 5.74) is 11.7. The van der Waals surface area contributed by atoms with Gasteiger partial charge in [0.1, 0.15) is 17.2 Å². The van der Waals surface area contributed by atoms with Crippen LogP contribution in [0.4, 0.5) is 17.1 Å². The van der Waals surface area contributed by atoms with Gasteiger partial charge in [0.05, 0.1) is 12.7 Å². The third-order valence-corrected chi connectivity index (χ3v) is 11.2. The Labute approximate surface area is 369 Å². The molecule has 0 spiro atoms. The maximum Gasteiger partial charge on any atom is 0.343 e. The summed E-state index contributed by atoms with van der Waals surface area (Å²) in [6.07, 6.45) is 2.16. The molecule has 0 aliphatic heterocycles. The average Bonchev–Trinajstić information content (AvgIpc) is 3.32. The van der Waals surface area contributed by atoms with Crippen molar-refractivity contribution in [2.24, 2.45) is 0 Å². The summed E-state index contributed by atoms with van der Waals surface area (Å²) in [7, 11) is 1.66. The van der Waals surface area contributed by atoms with Crippen molar-refractivity contribution >= 4 is 40.6 Å². The number of ether oxygens (including phenoxy) is 3. The number of methoxy groups -OCH3 is 1. The molecular weight excluding hydrogens is 779 g/mol. The van der Waals surface area contributed by atoms with Gasteiger partial charge in [-0.15, -0.1) is 0 Å². The number of carbonyl (C=O) groups is 2. The second-order valence-corrected chi connectivity index (χ2v) is 15.7. The van der Waals surface area contributed by atoms with E-state index in [0.717, 1.165) is 67.3 Å². The lowest BCUT2D eigenvalue weighted by Gasteiger charge is -2.26. The van der Waals surface area contributed by atoms with Crippen molar-refractivity contribution in [1.82, 2.24) is 0 Å². The number of para-hydroxylation sites is 2. The van der Waals surface area contributed by atoms with Gasteiger partial charge in [-0.3, -0.25) is 4.79 Å². The van der Waals surface area contributed by atoms with Gasteiger partial charge in [0.15, 0.2) is 0 Å². The monoisotopic (exact) mass is 825 g/mol. The molecule has 0 amide bonds. The van der Waals surface area contributed by atoms with Gasteiger partial charge >= 0.3 is 11.9 Å². The molecule has 8 aromatic rings. The molecule has 8 rings (SSSR count). The Morgan fingerprint density at radius 2 is 0.873 bits per heavy atom. The van der Waals surface area contributed by atoms with Crippen LogP contribution in [0.3, 0.4) is 0 Å². The minimum atomic E-state index is -0.443. The number of rotatable bonds is 13. The van der Waals surface area contributed by atoms with E-state index >= 15 is 0 Å². The molecule has 0 radical (unpaired) electrons. The van der Waals surface area contributed by atoms with E-state index < -0.39 is 5.97 Å². The molecule has 63 heavy (non-hydrogen) atoms. The van der Waals surface area contributed by atoms with Crippen LogP contribution in [0, 0.1) is 0 Å². The van der Waals surface area contributed by atoms with Gasteiger partial charge in [0, 0.05) is 29.4 Å².